The van der Waals surface area contributed by atoms with Crippen molar-refractivity contribution in [2.24, 2.45) is 5.14 Å². The fraction of sp³-hybridized carbons (Fsp3) is 0.400. The second-order valence-corrected chi connectivity index (χ2v) is 7.82. The van der Waals surface area contributed by atoms with Crippen LogP contribution in [0, 0.1) is 12.7 Å². The van der Waals surface area contributed by atoms with E-state index in [1.165, 1.54) is 17.0 Å². The summed E-state index contributed by atoms with van der Waals surface area (Å²) in [6.07, 6.45) is 1.04. The quantitative estimate of drug-likeness (QED) is 0.868. The number of nitrogens with two attached hydrogens (primary N) is 1. The van der Waals surface area contributed by atoms with E-state index in [0.29, 0.717) is 30.6 Å². The average molecular weight is 339 g/mol. The zero-order valence-electron chi connectivity index (χ0n) is 12.7. The molecule has 2 heterocycles. The van der Waals surface area contributed by atoms with Crippen molar-refractivity contribution in [1.82, 2.24) is 9.88 Å². The van der Waals surface area contributed by atoms with Gasteiger partial charge in [0.2, 0.25) is 10.0 Å². The number of carbonyl (C=O) groups is 1. The number of hydrogen-bond acceptors (Lipinski definition) is 3. The molecule has 1 aromatic heterocycles. The molecule has 2 aromatic rings. The largest absolute Gasteiger partial charge is 0.350 e. The molecule has 1 aliphatic rings. The number of likely N-dealkylation sites (tertiary alicyclic amines) is 1. The lowest BCUT2D eigenvalue weighted by Gasteiger charge is -2.31. The van der Waals surface area contributed by atoms with Crippen LogP contribution in [0.4, 0.5) is 4.39 Å². The maximum atomic E-state index is 13.4. The number of fused-ring (bicyclic) bond motifs is 1. The molecule has 124 valence electrons. The third-order valence-corrected chi connectivity index (χ3v) is 5.58. The Bertz CT molecular complexity index is 875. The first-order valence-electron chi connectivity index (χ1n) is 7.35. The average Bonchev–Trinajstić information content (AvgIpc) is 2.90. The van der Waals surface area contributed by atoms with Crippen molar-refractivity contribution in [3.8, 4) is 0 Å². The van der Waals surface area contributed by atoms with Crippen LogP contribution < -0.4 is 5.14 Å². The van der Waals surface area contributed by atoms with Crippen LogP contribution in [0.1, 0.15) is 28.9 Å². The van der Waals surface area contributed by atoms with Crippen LogP contribution in [0.15, 0.2) is 18.2 Å². The third kappa shape index (κ3) is 3.09. The number of aryl methyl sites for hydroxylation is 1. The summed E-state index contributed by atoms with van der Waals surface area (Å²) in [6.45, 7) is 2.33. The first-order chi connectivity index (χ1) is 10.8. The fourth-order valence-corrected chi connectivity index (χ4v) is 3.93. The minimum absolute atomic E-state index is 0.0837. The van der Waals surface area contributed by atoms with Crippen LogP contribution in [0.2, 0.25) is 0 Å². The standard InChI is InChI=1S/C15H18FN3O3S/c1-9-5-10(16)6-13-12(9)7-14(18-13)15(20)19-4-2-3-11(8-19)23(17,21)22/h5-7,11,18H,2-4,8H2,1H3,(H2,17,21,22). The van der Waals surface area contributed by atoms with Gasteiger partial charge in [0, 0.05) is 24.0 Å². The van der Waals surface area contributed by atoms with Crippen molar-refractivity contribution in [3.63, 3.8) is 0 Å². The van der Waals surface area contributed by atoms with Gasteiger partial charge in [0.15, 0.2) is 0 Å². The molecule has 0 saturated carbocycles. The van der Waals surface area contributed by atoms with Gasteiger partial charge in [0.1, 0.15) is 11.5 Å². The van der Waals surface area contributed by atoms with E-state index >= 15 is 0 Å². The lowest BCUT2D eigenvalue weighted by Crippen LogP contribution is -2.47. The number of nitrogens with zero attached hydrogens (tertiary/aromatic N) is 1. The summed E-state index contributed by atoms with van der Waals surface area (Å²) in [5.74, 6) is -0.669. The molecule has 1 aliphatic heterocycles. The molecule has 1 saturated heterocycles. The van der Waals surface area contributed by atoms with Crippen LogP contribution in [-0.4, -0.2) is 42.5 Å². The van der Waals surface area contributed by atoms with Crippen molar-refractivity contribution in [2.75, 3.05) is 13.1 Å². The number of benzene rings is 1. The van der Waals surface area contributed by atoms with Crippen LogP contribution in [0.5, 0.6) is 0 Å². The minimum atomic E-state index is -3.67. The van der Waals surface area contributed by atoms with Gasteiger partial charge in [-0.3, -0.25) is 4.79 Å². The molecule has 3 N–H and O–H groups in total. The van der Waals surface area contributed by atoms with E-state index in [9.17, 15) is 17.6 Å². The summed E-state index contributed by atoms with van der Waals surface area (Å²) in [6, 6.07) is 4.41. The number of sulfonamides is 1. The maximum absolute atomic E-state index is 13.4. The van der Waals surface area contributed by atoms with Gasteiger partial charge < -0.3 is 9.88 Å². The van der Waals surface area contributed by atoms with Crippen molar-refractivity contribution < 1.29 is 17.6 Å². The SMILES string of the molecule is Cc1cc(F)cc2[nH]c(C(=O)N3CCCC(S(N)(=O)=O)C3)cc12. The fourth-order valence-electron chi connectivity index (χ4n) is 3.05. The number of aromatic amines is 1. The van der Waals surface area contributed by atoms with Crippen molar-refractivity contribution in [1.29, 1.82) is 0 Å². The number of piperidine rings is 1. The Labute approximate surface area is 133 Å². The van der Waals surface area contributed by atoms with E-state index in [4.69, 9.17) is 5.14 Å². The lowest BCUT2D eigenvalue weighted by atomic mass is 10.1. The number of carbonyl (C=O) groups excluding carboxylic acids is 1. The van der Waals surface area contributed by atoms with Gasteiger partial charge in [0.25, 0.3) is 5.91 Å². The molecule has 3 rings (SSSR count). The Morgan fingerprint density at radius 2 is 2.13 bits per heavy atom. The van der Waals surface area contributed by atoms with Crippen LogP contribution in [-0.2, 0) is 10.0 Å². The maximum Gasteiger partial charge on any atom is 0.270 e. The molecule has 1 atom stereocenters. The number of H-pyrrole nitrogens is 1. The molecule has 23 heavy (non-hydrogen) atoms. The highest BCUT2D eigenvalue weighted by Crippen LogP contribution is 2.23. The van der Waals surface area contributed by atoms with Crippen molar-refractivity contribution in [2.45, 2.75) is 25.0 Å². The van der Waals surface area contributed by atoms with Gasteiger partial charge in [-0.05, 0) is 43.5 Å². The Hall–Kier alpha value is -1.93. The van der Waals surface area contributed by atoms with E-state index in [0.717, 1.165) is 10.9 Å². The Morgan fingerprint density at radius 3 is 2.83 bits per heavy atom. The molecule has 0 aliphatic carbocycles. The smallest absolute Gasteiger partial charge is 0.270 e. The number of halogens is 1. The third-order valence-electron chi connectivity index (χ3n) is 4.27. The molecule has 0 spiro atoms. The molecular weight excluding hydrogens is 321 g/mol. The van der Waals surface area contributed by atoms with Gasteiger partial charge in [-0.2, -0.15) is 0 Å². The van der Waals surface area contributed by atoms with Gasteiger partial charge in [-0.15, -0.1) is 0 Å². The molecular formula is C15H18FN3O3S. The van der Waals surface area contributed by atoms with E-state index in [2.05, 4.69) is 4.98 Å². The molecule has 1 aromatic carbocycles. The van der Waals surface area contributed by atoms with Crippen LogP contribution in [0.25, 0.3) is 10.9 Å². The summed E-state index contributed by atoms with van der Waals surface area (Å²) in [4.78, 5) is 17.0. The summed E-state index contributed by atoms with van der Waals surface area (Å²) < 4.78 is 36.5. The zero-order chi connectivity index (χ0) is 16.8. The summed E-state index contributed by atoms with van der Waals surface area (Å²) in [7, 11) is -3.67. The van der Waals surface area contributed by atoms with Crippen LogP contribution >= 0.6 is 0 Å². The van der Waals surface area contributed by atoms with Gasteiger partial charge in [-0.25, -0.2) is 17.9 Å². The molecule has 8 heteroatoms. The highest BCUT2D eigenvalue weighted by Gasteiger charge is 2.31. The number of amides is 1. The lowest BCUT2D eigenvalue weighted by molar-refractivity contribution is 0.0722. The number of aromatic nitrogens is 1. The molecule has 1 amide bonds. The molecule has 0 bridgehead atoms. The van der Waals surface area contributed by atoms with Crippen molar-refractivity contribution >= 4 is 26.8 Å². The summed E-state index contributed by atoms with van der Waals surface area (Å²) >= 11 is 0. The van der Waals surface area contributed by atoms with E-state index in [1.54, 1.807) is 13.0 Å². The molecule has 1 fully saturated rings. The van der Waals surface area contributed by atoms with Gasteiger partial charge in [-0.1, -0.05) is 0 Å². The second kappa shape index (κ2) is 5.61. The highest BCUT2D eigenvalue weighted by atomic mass is 32.2. The van der Waals surface area contributed by atoms with E-state index in [-0.39, 0.29) is 18.3 Å². The first-order valence-corrected chi connectivity index (χ1v) is 8.96. The number of rotatable bonds is 2. The summed E-state index contributed by atoms with van der Waals surface area (Å²) in [5.41, 5.74) is 1.60. The predicted molar refractivity (Wildman–Crippen MR) is 85.0 cm³/mol. The van der Waals surface area contributed by atoms with Gasteiger partial charge in [0.05, 0.1) is 5.25 Å². The van der Waals surface area contributed by atoms with Crippen LogP contribution in [0.3, 0.4) is 0 Å². The topological polar surface area (TPSA) is 96.3 Å². The highest BCUT2D eigenvalue weighted by molar-refractivity contribution is 7.89. The Balaban J connectivity index is 1.90. The predicted octanol–water partition coefficient (Wildman–Crippen LogP) is 1.51. The minimum Gasteiger partial charge on any atom is -0.350 e. The normalized spacial score (nSPS) is 19.3. The summed E-state index contributed by atoms with van der Waals surface area (Å²) in [5, 5.41) is 5.23. The molecule has 0 radical (unpaired) electrons. The molecule has 6 nitrogen and oxygen atoms in total. The molecule has 1 unspecified atom stereocenters. The second-order valence-electron chi connectivity index (χ2n) is 5.97. The zero-order valence-corrected chi connectivity index (χ0v) is 13.5. The number of nitrogens with one attached hydrogen (secondary N) is 1. The van der Waals surface area contributed by atoms with E-state index in [1.807, 2.05) is 0 Å². The monoisotopic (exact) mass is 339 g/mol. The van der Waals surface area contributed by atoms with Gasteiger partial charge >= 0.3 is 0 Å². The van der Waals surface area contributed by atoms with E-state index < -0.39 is 15.3 Å². The number of primary sulfonamides is 1. The number of hydrogen-bond donors (Lipinski definition) is 2. The Kier molecular flexibility index (Phi) is 3.89. The van der Waals surface area contributed by atoms with Crippen molar-refractivity contribution in [3.05, 3.63) is 35.3 Å². The first kappa shape index (κ1) is 15.9. The Morgan fingerprint density at radius 1 is 1.39 bits per heavy atom.